The molecule has 1 aliphatic heterocycles. The molecule has 4 saturated carbocycles. The average Bonchev–Trinajstić information content (AvgIpc) is 3.44. The summed E-state index contributed by atoms with van der Waals surface area (Å²) in [5, 5.41) is 13.2. The maximum absolute atomic E-state index is 12.6. The van der Waals surface area contributed by atoms with Crippen molar-refractivity contribution in [3.05, 3.63) is 23.3 Å². The molecule has 264 valence electrons. The van der Waals surface area contributed by atoms with Crippen LogP contribution in [-0.2, 0) is 14.6 Å². The summed E-state index contributed by atoms with van der Waals surface area (Å²) >= 11 is 0. The van der Waals surface area contributed by atoms with Crippen molar-refractivity contribution in [1.82, 2.24) is 10.2 Å². The van der Waals surface area contributed by atoms with Crippen LogP contribution in [0.3, 0.4) is 0 Å². The highest BCUT2D eigenvalue weighted by Crippen LogP contribution is 2.72. The van der Waals surface area contributed by atoms with E-state index in [0.29, 0.717) is 36.3 Å². The molecule has 2 N–H and O–H groups in total. The number of nitrogens with one attached hydrogen (secondary N) is 1. The average molecular weight is 669 g/mol. The van der Waals surface area contributed by atoms with Crippen LogP contribution in [0.2, 0.25) is 0 Å². The Balaban J connectivity index is 1.05. The van der Waals surface area contributed by atoms with Crippen LogP contribution in [-0.4, -0.2) is 66.6 Å². The minimum absolute atomic E-state index is 0.123. The Hall–Kier alpha value is -1.18. The Labute approximate surface area is 285 Å². The second-order valence-electron chi connectivity index (χ2n) is 18.7. The van der Waals surface area contributed by atoms with Gasteiger partial charge in [0.1, 0.15) is 0 Å². The molecule has 1 heterocycles. The van der Waals surface area contributed by atoms with Gasteiger partial charge < -0.3 is 10.4 Å². The molecule has 7 heteroatoms. The van der Waals surface area contributed by atoms with E-state index in [0.717, 1.165) is 49.6 Å². The molecular formula is C40H64N2O4S. The molecule has 6 nitrogen and oxygen atoms in total. The number of sulfone groups is 1. The minimum atomic E-state index is -2.98. The van der Waals surface area contributed by atoms with Gasteiger partial charge in [0.25, 0.3) is 0 Å². The lowest BCUT2D eigenvalue weighted by Gasteiger charge is -2.68. The number of aliphatic carboxylic acids is 1. The molecule has 0 aromatic heterocycles. The van der Waals surface area contributed by atoms with E-state index >= 15 is 0 Å². The van der Waals surface area contributed by atoms with E-state index in [9.17, 15) is 18.3 Å². The fraction of sp³-hybridized carbons (Fsp3) is 0.875. The Morgan fingerprint density at radius 2 is 1.64 bits per heavy atom. The fourth-order valence-electron chi connectivity index (χ4n) is 14.0. The largest absolute Gasteiger partial charge is 0.481 e. The molecular weight excluding hydrogens is 605 g/mol. The molecule has 6 aliphatic carbocycles. The lowest BCUT2D eigenvalue weighted by atomic mass is 9.37. The number of carboxylic acid groups (broad SMARTS) is 1. The summed E-state index contributed by atoms with van der Waals surface area (Å²) in [5.74, 6) is 3.03. The normalized spacial score (nSPS) is 47.4. The Kier molecular flexibility index (Phi) is 8.72. The topological polar surface area (TPSA) is 86.7 Å². The highest BCUT2D eigenvalue weighted by atomic mass is 32.2. The maximum atomic E-state index is 12.6. The standard InChI is InChI=1S/C40H64N2O4S/c1-26-24-42(25-27(2)47(26,45)46)23-22-41-40-18-7-8-33(40)30-13-14-35-38(5,32(30)16-21-40)20-17-34-37(3,4)31(15-19-39(34,35)6)28-9-11-29(12-10-28)36(43)44/h9,15,26-27,29-30,32-35,41H,7-8,10-14,16-25H2,1-6H3,(H,43,44)/t26?,27?,29-,30-,32?,33?,34?,35?,38-,39-,40-/m0/s1. The molecule has 7 aliphatic rings. The lowest BCUT2D eigenvalue weighted by Crippen LogP contribution is -2.64. The zero-order valence-corrected chi connectivity index (χ0v) is 31.1. The molecule has 1 saturated heterocycles. The summed E-state index contributed by atoms with van der Waals surface area (Å²) in [6.45, 7) is 17.5. The molecule has 0 amide bonds. The van der Waals surface area contributed by atoms with Crippen molar-refractivity contribution in [2.24, 2.45) is 51.8 Å². The van der Waals surface area contributed by atoms with Gasteiger partial charge >= 0.3 is 5.97 Å². The van der Waals surface area contributed by atoms with Gasteiger partial charge in [-0.2, -0.15) is 0 Å². The highest BCUT2D eigenvalue weighted by molar-refractivity contribution is 7.92. The molecule has 47 heavy (non-hydrogen) atoms. The first kappa shape index (κ1) is 34.3. The zero-order valence-electron chi connectivity index (χ0n) is 30.3. The zero-order chi connectivity index (χ0) is 33.6. The highest BCUT2D eigenvalue weighted by Gasteiger charge is 2.65. The van der Waals surface area contributed by atoms with Crippen LogP contribution in [0.4, 0.5) is 0 Å². The van der Waals surface area contributed by atoms with Gasteiger partial charge in [-0.05, 0) is 148 Å². The summed E-state index contributed by atoms with van der Waals surface area (Å²) in [6.07, 6.45) is 20.6. The number of hydrogen-bond acceptors (Lipinski definition) is 5. The first-order valence-electron chi connectivity index (χ1n) is 19.5. The molecule has 5 fully saturated rings. The van der Waals surface area contributed by atoms with Crippen molar-refractivity contribution in [3.8, 4) is 0 Å². The van der Waals surface area contributed by atoms with Crippen LogP contribution >= 0.6 is 0 Å². The van der Waals surface area contributed by atoms with Crippen LogP contribution in [0.5, 0.6) is 0 Å². The second-order valence-corrected chi connectivity index (χ2v) is 21.5. The van der Waals surface area contributed by atoms with Crippen LogP contribution < -0.4 is 5.32 Å². The van der Waals surface area contributed by atoms with Gasteiger partial charge in [-0.3, -0.25) is 9.69 Å². The Morgan fingerprint density at radius 3 is 2.32 bits per heavy atom. The van der Waals surface area contributed by atoms with Crippen molar-refractivity contribution >= 4 is 15.8 Å². The molecule has 0 aromatic rings. The Bertz CT molecular complexity index is 1400. The predicted octanol–water partition coefficient (Wildman–Crippen LogP) is 7.65. The molecule has 0 spiro atoms. The number of allylic oxidation sites excluding steroid dienone is 4. The monoisotopic (exact) mass is 668 g/mol. The third-order valence-corrected chi connectivity index (χ3v) is 18.8. The van der Waals surface area contributed by atoms with Crippen LogP contribution in [0.1, 0.15) is 125 Å². The smallest absolute Gasteiger partial charge is 0.306 e. The number of carboxylic acids is 1. The lowest BCUT2D eigenvalue weighted by molar-refractivity contribution is -0.175. The third kappa shape index (κ3) is 5.36. The molecule has 0 aromatic carbocycles. The quantitative estimate of drug-likeness (QED) is 0.303. The number of rotatable bonds is 6. The first-order chi connectivity index (χ1) is 22.1. The van der Waals surface area contributed by atoms with E-state index in [4.69, 9.17) is 0 Å². The maximum Gasteiger partial charge on any atom is 0.306 e. The van der Waals surface area contributed by atoms with Crippen molar-refractivity contribution in [2.45, 2.75) is 141 Å². The van der Waals surface area contributed by atoms with Crippen molar-refractivity contribution in [2.75, 3.05) is 26.2 Å². The molecule has 6 unspecified atom stereocenters. The molecule has 7 rings (SSSR count). The number of carbonyl (C=O) groups is 1. The summed E-state index contributed by atoms with van der Waals surface area (Å²) in [6, 6.07) is 0. The van der Waals surface area contributed by atoms with E-state index in [1.807, 2.05) is 13.8 Å². The van der Waals surface area contributed by atoms with Crippen molar-refractivity contribution < 1.29 is 18.3 Å². The van der Waals surface area contributed by atoms with E-state index in [1.165, 1.54) is 75.4 Å². The van der Waals surface area contributed by atoms with Crippen LogP contribution in [0.25, 0.3) is 0 Å². The second kappa shape index (κ2) is 12.0. The first-order valence-corrected chi connectivity index (χ1v) is 21.1. The number of fused-ring (bicyclic) bond motifs is 7. The third-order valence-electron chi connectivity index (χ3n) is 16.3. The van der Waals surface area contributed by atoms with Gasteiger partial charge in [-0.15, -0.1) is 0 Å². The van der Waals surface area contributed by atoms with E-state index in [2.05, 4.69) is 50.1 Å². The van der Waals surface area contributed by atoms with Crippen LogP contribution in [0, 0.1) is 51.8 Å². The summed E-state index contributed by atoms with van der Waals surface area (Å²) < 4.78 is 25.1. The summed E-state index contributed by atoms with van der Waals surface area (Å²) in [7, 11) is -2.98. The predicted molar refractivity (Wildman–Crippen MR) is 190 cm³/mol. The molecule has 0 radical (unpaired) electrons. The summed E-state index contributed by atoms with van der Waals surface area (Å²) in [4.78, 5) is 14.0. The van der Waals surface area contributed by atoms with Crippen molar-refractivity contribution in [1.29, 1.82) is 0 Å². The van der Waals surface area contributed by atoms with Crippen LogP contribution in [0.15, 0.2) is 23.3 Å². The van der Waals surface area contributed by atoms with Crippen molar-refractivity contribution in [3.63, 3.8) is 0 Å². The van der Waals surface area contributed by atoms with Gasteiger partial charge in [0.2, 0.25) is 0 Å². The number of hydrogen-bond donors (Lipinski definition) is 2. The van der Waals surface area contributed by atoms with Gasteiger partial charge in [0.15, 0.2) is 9.84 Å². The fourth-order valence-corrected chi connectivity index (χ4v) is 15.7. The van der Waals surface area contributed by atoms with Gasteiger partial charge in [0, 0.05) is 31.7 Å². The Morgan fingerprint density at radius 1 is 0.894 bits per heavy atom. The minimum Gasteiger partial charge on any atom is -0.481 e. The van der Waals surface area contributed by atoms with E-state index < -0.39 is 15.8 Å². The number of nitrogens with zero attached hydrogens (tertiary/aromatic N) is 1. The van der Waals surface area contributed by atoms with Gasteiger partial charge in [-0.1, -0.05) is 46.3 Å². The van der Waals surface area contributed by atoms with E-state index in [1.54, 1.807) is 0 Å². The molecule has 0 bridgehead atoms. The molecule has 11 atom stereocenters. The van der Waals surface area contributed by atoms with E-state index in [-0.39, 0.29) is 27.4 Å². The SMILES string of the molecule is CC1CN(CCN[C@]23CCCC2[C@H]2CCC4[C@@](C)(CCC5C(C)(C)C(C6=CC[C@H](C(=O)O)CC6)=CC[C@@]54C)C2CC3)CC(C)S1(=O)=O. The van der Waals surface area contributed by atoms with Gasteiger partial charge in [-0.25, -0.2) is 8.42 Å². The van der Waals surface area contributed by atoms with Gasteiger partial charge in [0.05, 0.1) is 16.4 Å². The summed E-state index contributed by atoms with van der Waals surface area (Å²) in [5.41, 5.74) is 4.12.